The average molecular weight is 363 g/mol. The monoisotopic (exact) mass is 363 g/mol. The molecule has 1 aliphatic rings. The molecule has 0 aliphatic carbocycles. The summed E-state index contributed by atoms with van der Waals surface area (Å²) in [5.41, 5.74) is -1.54. The number of halogens is 2. The summed E-state index contributed by atoms with van der Waals surface area (Å²) < 4.78 is 46.1. The van der Waals surface area contributed by atoms with E-state index in [1.165, 1.54) is 23.9 Å². The minimum atomic E-state index is -0.797. The molecule has 0 saturated carbocycles. The van der Waals surface area contributed by atoms with E-state index in [1.54, 1.807) is 0 Å². The van der Waals surface area contributed by atoms with Gasteiger partial charge in [0.2, 0.25) is 5.89 Å². The van der Waals surface area contributed by atoms with Crippen molar-refractivity contribution in [3.63, 3.8) is 0 Å². The van der Waals surface area contributed by atoms with Crippen LogP contribution in [0.25, 0.3) is 10.9 Å². The topological polar surface area (TPSA) is 79.4 Å². The Morgan fingerprint density at radius 3 is 2.81 bits per heavy atom. The normalized spacial score (nSPS) is 20.1. The second kappa shape index (κ2) is 6.26. The number of fused-ring (bicyclic) bond motifs is 1. The number of methoxy groups -OCH3 is 1. The van der Waals surface area contributed by atoms with Crippen molar-refractivity contribution >= 4 is 10.9 Å². The number of rotatable bonds is 4. The van der Waals surface area contributed by atoms with Gasteiger partial charge in [-0.2, -0.15) is 0 Å². The molecule has 26 heavy (non-hydrogen) atoms. The van der Waals surface area contributed by atoms with Gasteiger partial charge in [-0.3, -0.25) is 4.79 Å². The van der Waals surface area contributed by atoms with Gasteiger partial charge in [0.05, 0.1) is 24.1 Å². The summed E-state index contributed by atoms with van der Waals surface area (Å²) in [6, 6.07) is 3.07. The molecule has 0 amide bonds. The lowest BCUT2D eigenvalue weighted by Crippen LogP contribution is -2.29. The highest BCUT2D eigenvalue weighted by Gasteiger charge is 2.42. The molecule has 0 bridgehead atoms. The Labute approximate surface area is 146 Å². The summed E-state index contributed by atoms with van der Waals surface area (Å²) >= 11 is 0. The van der Waals surface area contributed by atoms with Crippen molar-refractivity contribution in [2.45, 2.75) is 18.6 Å². The van der Waals surface area contributed by atoms with Crippen LogP contribution in [0.3, 0.4) is 0 Å². The third kappa shape index (κ3) is 2.60. The molecule has 1 atom stereocenters. The molecule has 0 spiro atoms. The molecule has 1 aliphatic heterocycles. The molecule has 136 valence electrons. The fourth-order valence-electron chi connectivity index (χ4n) is 3.11. The number of benzene rings is 1. The van der Waals surface area contributed by atoms with Crippen molar-refractivity contribution in [1.29, 1.82) is 0 Å². The van der Waals surface area contributed by atoms with Crippen molar-refractivity contribution in [2.24, 2.45) is 0 Å². The fraction of sp³-hybridized carbons (Fsp3) is 0.353. The Balaban J connectivity index is 1.74. The van der Waals surface area contributed by atoms with E-state index in [0.29, 0.717) is 19.6 Å². The van der Waals surface area contributed by atoms with E-state index >= 15 is 0 Å². The zero-order chi connectivity index (χ0) is 18.3. The Kier molecular flexibility index (Phi) is 4.04. The molecule has 0 radical (unpaired) electrons. The molecule has 1 fully saturated rings. The number of ether oxygens (including phenoxy) is 2. The summed E-state index contributed by atoms with van der Waals surface area (Å²) in [6.45, 7) is 0.789. The molecule has 9 heteroatoms. The fourth-order valence-corrected chi connectivity index (χ4v) is 3.11. The first-order valence-corrected chi connectivity index (χ1v) is 7.97. The standard InChI is InChI=1S/C17H15F2N3O4/c1-24-17(5-7-25-9-17)16-21-20-13(26-16)8-22-6-4-12(23)14-10(18)2-3-11(19)15(14)22/h2-4,6H,5,7-9H2,1H3. The van der Waals surface area contributed by atoms with Crippen LogP contribution < -0.4 is 5.43 Å². The number of hydrogen-bond donors (Lipinski definition) is 0. The van der Waals surface area contributed by atoms with Gasteiger partial charge in [0, 0.05) is 25.8 Å². The van der Waals surface area contributed by atoms with Gasteiger partial charge in [0.15, 0.2) is 11.0 Å². The van der Waals surface area contributed by atoms with E-state index in [2.05, 4.69) is 10.2 Å². The van der Waals surface area contributed by atoms with Gasteiger partial charge < -0.3 is 18.5 Å². The molecule has 3 aromatic rings. The molecule has 1 aromatic carbocycles. The van der Waals surface area contributed by atoms with Crippen molar-refractivity contribution in [3.05, 3.63) is 58.0 Å². The Hall–Kier alpha value is -2.65. The van der Waals surface area contributed by atoms with Gasteiger partial charge in [-0.1, -0.05) is 0 Å². The average Bonchev–Trinajstić information content (AvgIpc) is 3.30. The second-order valence-corrected chi connectivity index (χ2v) is 6.06. The Morgan fingerprint density at radius 1 is 1.27 bits per heavy atom. The van der Waals surface area contributed by atoms with Crippen LogP contribution in [-0.2, 0) is 21.6 Å². The van der Waals surface area contributed by atoms with Gasteiger partial charge in [-0.15, -0.1) is 10.2 Å². The predicted molar refractivity (Wildman–Crippen MR) is 85.6 cm³/mol. The lowest BCUT2D eigenvalue weighted by atomic mass is 10.0. The molecule has 1 unspecified atom stereocenters. The molecule has 3 heterocycles. The summed E-state index contributed by atoms with van der Waals surface area (Å²) in [5, 5.41) is 7.66. The maximum absolute atomic E-state index is 14.2. The molecule has 7 nitrogen and oxygen atoms in total. The van der Waals surface area contributed by atoms with Crippen molar-refractivity contribution in [3.8, 4) is 0 Å². The van der Waals surface area contributed by atoms with Crippen LogP contribution in [0, 0.1) is 11.6 Å². The van der Waals surface area contributed by atoms with Crippen LogP contribution in [0.15, 0.2) is 33.6 Å². The van der Waals surface area contributed by atoms with Crippen LogP contribution in [0.5, 0.6) is 0 Å². The number of aromatic nitrogens is 3. The first kappa shape index (κ1) is 16.8. The van der Waals surface area contributed by atoms with E-state index in [4.69, 9.17) is 13.9 Å². The SMILES string of the molecule is COC1(c2nnc(Cn3ccc(=O)c4c(F)ccc(F)c43)o2)CCOC1. The Bertz CT molecular complexity index is 1020. The first-order valence-electron chi connectivity index (χ1n) is 7.97. The molecule has 0 N–H and O–H groups in total. The molecular formula is C17H15F2N3O4. The predicted octanol–water partition coefficient (Wildman–Crippen LogP) is 1.97. The second-order valence-electron chi connectivity index (χ2n) is 6.06. The van der Waals surface area contributed by atoms with E-state index in [0.717, 1.165) is 12.1 Å². The number of pyridine rings is 1. The lowest BCUT2D eigenvalue weighted by molar-refractivity contribution is -0.0417. The highest BCUT2D eigenvalue weighted by Crippen LogP contribution is 2.33. The molecular weight excluding hydrogens is 348 g/mol. The largest absolute Gasteiger partial charge is 0.420 e. The van der Waals surface area contributed by atoms with Crippen molar-refractivity contribution < 1.29 is 22.7 Å². The summed E-state index contributed by atoms with van der Waals surface area (Å²) in [6.07, 6.45) is 1.94. The zero-order valence-electron chi connectivity index (χ0n) is 13.9. The smallest absolute Gasteiger partial charge is 0.250 e. The third-order valence-corrected chi connectivity index (χ3v) is 4.56. The van der Waals surface area contributed by atoms with Crippen LogP contribution in [0.2, 0.25) is 0 Å². The molecule has 4 rings (SSSR count). The molecule has 1 saturated heterocycles. The number of nitrogens with zero attached hydrogens (tertiary/aromatic N) is 3. The van der Waals surface area contributed by atoms with E-state index in [1.807, 2.05) is 0 Å². The third-order valence-electron chi connectivity index (χ3n) is 4.56. The van der Waals surface area contributed by atoms with Gasteiger partial charge in [0.25, 0.3) is 5.89 Å². The maximum Gasteiger partial charge on any atom is 0.250 e. The first-order chi connectivity index (χ1) is 12.5. The minimum absolute atomic E-state index is 0.0230. The highest BCUT2D eigenvalue weighted by atomic mass is 19.1. The summed E-state index contributed by atoms with van der Waals surface area (Å²) in [4.78, 5) is 11.9. The lowest BCUT2D eigenvalue weighted by Gasteiger charge is -2.20. The van der Waals surface area contributed by atoms with Gasteiger partial charge in [-0.25, -0.2) is 8.78 Å². The van der Waals surface area contributed by atoms with Crippen molar-refractivity contribution in [1.82, 2.24) is 14.8 Å². The van der Waals surface area contributed by atoms with E-state index in [9.17, 15) is 13.6 Å². The van der Waals surface area contributed by atoms with Crippen LogP contribution >= 0.6 is 0 Å². The van der Waals surface area contributed by atoms with Gasteiger partial charge in [-0.05, 0) is 12.1 Å². The quantitative estimate of drug-likeness (QED) is 0.705. The highest BCUT2D eigenvalue weighted by molar-refractivity contribution is 5.80. The Morgan fingerprint density at radius 2 is 2.08 bits per heavy atom. The van der Waals surface area contributed by atoms with Crippen LogP contribution in [0.1, 0.15) is 18.2 Å². The van der Waals surface area contributed by atoms with Crippen LogP contribution in [0.4, 0.5) is 8.78 Å². The van der Waals surface area contributed by atoms with Gasteiger partial charge in [0.1, 0.15) is 18.2 Å². The van der Waals surface area contributed by atoms with Crippen LogP contribution in [-0.4, -0.2) is 35.1 Å². The minimum Gasteiger partial charge on any atom is -0.420 e. The van der Waals surface area contributed by atoms with E-state index < -0.39 is 22.7 Å². The maximum atomic E-state index is 14.2. The zero-order valence-corrected chi connectivity index (χ0v) is 13.9. The van der Waals surface area contributed by atoms with Gasteiger partial charge >= 0.3 is 0 Å². The summed E-state index contributed by atoms with van der Waals surface area (Å²) in [5.74, 6) is -1.05. The number of hydrogen-bond acceptors (Lipinski definition) is 6. The van der Waals surface area contributed by atoms with E-state index in [-0.39, 0.29) is 29.2 Å². The molecule has 2 aromatic heterocycles. The van der Waals surface area contributed by atoms with Crippen molar-refractivity contribution in [2.75, 3.05) is 20.3 Å². The summed E-state index contributed by atoms with van der Waals surface area (Å²) in [7, 11) is 1.53.